The molecule has 18 rings (SSSR count). The van der Waals surface area contributed by atoms with Gasteiger partial charge >= 0.3 is 0 Å². The van der Waals surface area contributed by atoms with Crippen molar-refractivity contribution in [3.05, 3.63) is 266 Å². The molecule has 2 nitrogen and oxygen atoms in total. The molecule has 370 valence electrons. The van der Waals surface area contributed by atoms with Crippen LogP contribution in [0, 0.1) is 13.8 Å². The van der Waals surface area contributed by atoms with Crippen LogP contribution in [0.1, 0.15) is 11.1 Å². The largest absolute Gasteiger partial charge is 0.308 e. The van der Waals surface area contributed by atoms with E-state index in [2.05, 4.69) is 277 Å². The lowest BCUT2D eigenvalue weighted by atomic mass is 9.89. The van der Waals surface area contributed by atoms with Gasteiger partial charge in [0.05, 0.1) is 33.1 Å². The maximum absolute atomic E-state index is 2.55. The van der Waals surface area contributed by atoms with Gasteiger partial charge in [-0.2, -0.15) is 0 Å². The Morgan fingerprint density at radius 3 is 0.912 bits per heavy atom. The van der Waals surface area contributed by atoms with Gasteiger partial charge in [-0.15, -0.1) is 0 Å². The van der Waals surface area contributed by atoms with E-state index in [0.717, 1.165) is 0 Å². The fraction of sp³-hybridized carbons (Fsp3) is 0.0256. The highest BCUT2D eigenvalue weighted by Crippen LogP contribution is 2.49. The summed E-state index contributed by atoms with van der Waals surface area (Å²) in [6, 6.07) is 96.3. The molecule has 0 bridgehead atoms. The SMILES string of the molecule is Cc1cccc(-c2ccccc2)c1-c1cc2c3cc4ccccc4cc3n3c4cc5ccc(-c6ccc7cc8c(cc7c6)c6cc(-c7c(C)cccc7-c7ccccc7)cc7c9cc%10ccccc%10cc9n8c76)cc5cc4c(c1)c23. The maximum atomic E-state index is 2.55. The van der Waals surface area contributed by atoms with Crippen molar-refractivity contribution in [2.45, 2.75) is 13.8 Å². The van der Waals surface area contributed by atoms with Gasteiger partial charge in [-0.25, -0.2) is 0 Å². The summed E-state index contributed by atoms with van der Waals surface area (Å²) in [6.45, 7) is 4.52. The van der Waals surface area contributed by atoms with Crippen molar-refractivity contribution in [2.75, 3.05) is 0 Å². The summed E-state index contributed by atoms with van der Waals surface area (Å²) in [5.74, 6) is 0. The monoisotopic (exact) mass is 1010 g/mol. The van der Waals surface area contributed by atoms with Gasteiger partial charge in [0, 0.05) is 43.1 Å². The van der Waals surface area contributed by atoms with Crippen LogP contribution in [0.2, 0.25) is 0 Å². The Labute approximate surface area is 460 Å². The second-order valence-electron chi connectivity index (χ2n) is 22.5. The highest BCUT2D eigenvalue weighted by atomic mass is 14.9. The Kier molecular flexibility index (Phi) is 8.83. The van der Waals surface area contributed by atoms with Gasteiger partial charge in [0.25, 0.3) is 0 Å². The van der Waals surface area contributed by atoms with E-state index in [1.54, 1.807) is 0 Å². The van der Waals surface area contributed by atoms with Crippen LogP contribution in [-0.2, 0) is 0 Å². The molecule has 0 unspecified atom stereocenters. The van der Waals surface area contributed by atoms with E-state index in [4.69, 9.17) is 0 Å². The lowest BCUT2D eigenvalue weighted by Gasteiger charge is -2.14. The zero-order valence-electron chi connectivity index (χ0n) is 44.1. The molecule has 0 N–H and O–H groups in total. The molecule has 0 fully saturated rings. The highest BCUT2D eigenvalue weighted by Gasteiger charge is 2.24. The zero-order valence-corrected chi connectivity index (χ0v) is 44.1. The van der Waals surface area contributed by atoms with E-state index in [1.807, 2.05) is 0 Å². The van der Waals surface area contributed by atoms with Gasteiger partial charge in [0.2, 0.25) is 0 Å². The second-order valence-corrected chi connectivity index (χ2v) is 22.5. The molecule has 4 aromatic heterocycles. The summed E-state index contributed by atoms with van der Waals surface area (Å²) < 4.78 is 5.09. The molecule has 0 saturated heterocycles. The molecule has 0 radical (unpaired) electrons. The first kappa shape index (κ1) is 43.8. The first-order valence-corrected chi connectivity index (χ1v) is 28.0. The van der Waals surface area contributed by atoms with E-state index in [9.17, 15) is 0 Å². The van der Waals surface area contributed by atoms with E-state index in [0.29, 0.717) is 0 Å². The number of rotatable bonds is 5. The summed E-state index contributed by atoms with van der Waals surface area (Å²) in [4.78, 5) is 0. The minimum absolute atomic E-state index is 1.21. The normalized spacial score (nSPS) is 12.4. The van der Waals surface area contributed by atoms with Crippen molar-refractivity contribution in [3.8, 4) is 55.6 Å². The lowest BCUT2D eigenvalue weighted by Crippen LogP contribution is -1.89. The van der Waals surface area contributed by atoms with Crippen molar-refractivity contribution >= 4 is 119 Å². The Morgan fingerprint density at radius 2 is 0.537 bits per heavy atom. The van der Waals surface area contributed by atoms with Gasteiger partial charge in [-0.1, -0.05) is 170 Å². The summed E-state index contributed by atoms with van der Waals surface area (Å²) >= 11 is 0. The molecule has 0 amide bonds. The van der Waals surface area contributed by atoms with Gasteiger partial charge in [-0.05, 0) is 209 Å². The Balaban J connectivity index is 0.841. The number of hydrogen-bond donors (Lipinski definition) is 0. The molecule has 0 saturated carbocycles. The van der Waals surface area contributed by atoms with Crippen LogP contribution in [0.25, 0.3) is 175 Å². The van der Waals surface area contributed by atoms with Gasteiger partial charge in [0.15, 0.2) is 0 Å². The Bertz CT molecular complexity index is 5310. The molecule has 0 spiro atoms. The Hall–Kier alpha value is -10.3. The summed E-state index contributed by atoms with van der Waals surface area (Å²) in [5, 5.41) is 20.2. The van der Waals surface area contributed by atoms with Crippen LogP contribution < -0.4 is 0 Å². The molecule has 4 heterocycles. The van der Waals surface area contributed by atoms with E-state index in [-0.39, 0.29) is 0 Å². The molecule has 0 aliphatic heterocycles. The lowest BCUT2D eigenvalue weighted by molar-refractivity contribution is 1.38. The molecule has 0 atom stereocenters. The van der Waals surface area contributed by atoms with Crippen LogP contribution >= 0.6 is 0 Å². The third-order valence-electron chi connectivity index (χ3n) is 18.1. The standard InChI is InChI=1S/C78H48N2/c1-45-15-13-25-61(47-17-5-3-6-18-47)75(45)59-37-67-63-33-49-21-9-11-23-51(49)41-71(63)79-73-43-55-29-27-53(31-57(55)35-65(73)69(39-59)77(67)79)54-28-30-56-44-74-66(36-58(56)32-54)70-40-60(76-46(2)16-14-26-62(76)48-19-7-4-8-20-48)38-68-64-34-50-22-10-12-24-52(50)42-72(64)80(74)78(68)70/h3-44H,1-2H3. The first-order chi connectivity index (χ1) is 39.5. The van der Waals surface area contributed by atoms with E-state index < -0.39 is 0 Å². The minimum Gasteiger partial charge on any atom is -0.308 e. The van der Waals surface area contributed by atoms with Crippen LogP contribution in [0.5, 0.6) is 0 Å². The summed E-state index contributed by atoms with van der Waals surface area (Å²) in [5.41, 5.74) is 22.5. The third-order valence-corrected chi connectivity index (χ3v) is 18.1. The predicted octanol–water partition coefficient (Wildman–Crippen LogP) is 21.6. The number of aromatic nitrogens is 2. The van der Waals surface area contributed by atoms with Gasteiger partial charge in [-0.3, -0.25) is 0 Å². The fourth-order valence-electron chi connectivity index (χ4n) is 14.4. The number of benzene rings is 14. The molecule has 80 heavy (non-hydrogen) atoms. The fourth-order valence-corrected chi connectivity index (χ4v) is 14.4. The predicted molar refractivity (Wildman–Crippen MR) is 342 cm³/mol. The van der Waals surface area contributed by atoms with Crippen LogP contribution in [0.3, 0.4) is 0 Å². The van der Waals surface area contributed by atoms with Gasteiger partial charge < -0.3 is 8.80 Å². The molecule has 0 aliphatic rings. The summed E-state index contributed by atoms with van der Waals surface area (Å²) in [7, 11) is 0. The second kappa shape index (κ2) is 16.1. The maximum Gasteiger partial charge on any atom is 0.0620 e. The molecular weight excluding hydrogens is 965 g/mol. The molecule has 2 heteroatoms. The van der Waals surface area contributed by atoms with Crippen molar-refractivity contribution < 1.29 is 0 Å². The number of fused-ring (bicyclic) bond motifs is 16. The van der Waals surface area contributed by atoms with E-state index >= 15 is 0 Å². The highest BCUT2D eigenvalue weighted by molar-refractivity contribution is 6.29. The van der Waals surface area contributed by atoms with E-state index in [1.165, 1.54) is 186 Å². The quantitative estimate of drug-likeness (QED) is 0.162. The van der Waals surface area contributed by atoms with Crippen molar-refractivity contribution in [1.82, 2.24) is 8.80 Å². The third kappa shape index (κ3) is 6.13. The molecular formula is C78H48N2. The molecule has 0 aliphatic carbocycles. The Morgan fingerprint density at radius 1 is 0.212 bits per heavy atom. The number of aryl methyl sites for hydroxylation is 2. The average Bonchev–Trinajstić information content (AvgIpc) is 4.42. The van der Waals surface area contributed by atoms with Gasteiger partial charge in [0.1, 0.15) is 0 Å². The van der Waals surface area contributed by atoms with Crippen molar-refractivity contribution in [2.24, 2.45) is 0 Å². The average molecular weight is 1010 g/mol. The summed E-state index contributed by atoms with van der Waals surface area (Å²) in [6.07, 6.45) is 0. The number of hydrogen-bond acceptors (Lipinski definition) is 0. The van der Waals surface area contributed by atoms with Crippen molar-refractivity contribution in [1.29, 1.82) is 0 Å². The molecule has 14 aromatic carbocycles. The zero-order chi connectivity index (χ0) is 52.5. The number of nitrogens with zero attached hydrogens (tertiary/aromatic N) is 2. The topological polar surface area (TPSA) is 8.82 Å². The van der Waals surface area contributed by atoms with Crippen molar-refractivity contribution in [3.63, 3.8) is 0 Å². The smallest absolute Gasteiger partial charge is 0.0620 e. The van der Waals surface area contributed by atoms with Crippen LogP contribution in [0.15, 0.2) is 255 Å². The minimum atomic E-state index is 1.21. The first-order valence-electron chi connectivity index (χ1n) is 28.0. The van der Waals surface area contributed by atoms with Crippen LogP contribution in [0.4, 0.5) is 0 Å². The molecule has 18 aromatic rings. The van der Waals surface area contributed by atoms with Crippen LogP contribution in [-0.4, -0.2) is 8.80 Å².